The molecule has 0 aromatic heterocycles. The van der Waals surface area contributed by atoms with Crippen LogP contribution in [0.15, 0.2) is 30.3 Å². The van der Waals surface area contributed by atoms with Crippen LogP contribution in [0.5, 0.6) is 0 Å². The van der Waals surface area contributed by atoms with Gasteiger partial charge in [-0.2, -0.15) is 0 Å². The van der Waals surface area contributed by atoms with Crippen LogP contribution in [0.1, 0.15) is 38.2 Å². The third-order valence-electron chi connectivity index (χ3n) is 4.39. The molecule has 1 saturated carbocycles. The topological polar surface area (TPSA) is 35.5 Å². The van der Waals surface area contributed by atoms with Gasteiger partial charge in [0.1, 0.15) is 0 Å². The molecule has 0 radical (unpaired) electrons. The van der Waals surface area contributed by atoms with Gasteiger partial charge in [0.2, 0.25) is 0 Å². The van der Waals surface area contributed by atoms with Crippen LogP contribution in [0.2, 0.25) is 0 Å². The molecular weight excluding hydrogens is 248 g/mol. The maximum Gasteiger partial charge on any atom is 0.0556 e. The second-order valence-electron chi connectivity index (χ2n) is 5.73. The van der Waals surface area contributed by atoms with E-state index in [1.807, 2.05) is 0 Å². The van der Waals surface area contributed by atoms with Crippen molar-refractivity contribution in [3.05, 3.63) is 35.9 Å². The summed E-state index contributed by atoms with van der Waals surface area (Å²) in [5.74, 6) is 0. The highest BCUT2D eigenvalue weighted by Crippen LogP contribution is 2.24. The molecule has 112 valence electrons. The highest BCUT2D eigenvalue weighted by molar-refractivity contribution is 5.14. The first-order valence-corrected chi connectivity index (χ1v) is 7.95. The van der Waals surface area contributed by atoms with Crippen LogP contribution in [-0.4, -0.2) is 41.8 Å². The van der Waals surface area contributed by atoms with Crippen LogP contribution in [0, 0.1) is 0 Å². The Labute approximate surface area is 123 Å². The summed E-state index contributed by atoms with van der Waals surface area (Å²) in [7, 11) is 0. The van der Waals surface area contributed by atoms with Crippen molar-refractivity contribution in [3.63, 3.8) is 0 Å². The molecule has 3 nitrogen and oxygen atoms in total. The van der Waals surface area contributed by atoms with Crippen molar-refractivity contribution in [3.8, 4) is 0 Å². The first kappa shape index (κ1) is 15.5. The first-order chi connectivity index (χ1) is 9.83. The van der Waals surface area contributed by atoms with Crippen LogP contribution in [0.4, 0.5) is 0 Å². The van der Waals surface area contributed by atoms with Gasteiger partial charge in [-0.05, 0) is 37.8 Å². The maximum atomic E-state index is 8.87. The molecule has 0 aliphatic heterocycles. The molecule has 1 aromatic carbocycles. The number of hydrogen-bond donors (Lipinski definition) is 2. The van der Waals surface area contributed by atoms with Crippen molar-refractivity contribution in [2.24, 2.45) is 0 Å². The van der Waals surface area contributed by atoms with Crippen LogP contribution in [0.3, 0.4) is 0 Å². The lowest BCUT2D eigenvalue weighted by molar-refractivity contribution is 0.141. The molecule has 2 rings (SSSR count). The van der Waals surface area contributed by atoms with Crippen molar-refractivity contribution in [2.45, 2.75) is 51.2 Å². The first-order valence-electron chi connectivity index (χ1n) is 7.95. The Kier molecular flexibility index (Phi) is 6.51. The van der Waals surface area contributed by atoms with Gasteiger partial charge in [-0.15, -0.1) is 0 Å². The zero-order chi connectivity index (χ0) is 14.2. The van der Waals surface area contributed by atoms with Gasteiger partial charge in [-0.25, -0.2) is 0 Å². The van der Waals surface area contributed by atoms with E-state index in [0.29, 0.717) is 12.1 Å². The van der Waals surface area contributed by atoms with E-state index in [2.05, 4.69) is 47.5 Å². The minimum Gasteiger partial charge on any atom is -0.395 e. The van der Waals surface area contributed by atoms with Gasteiger partial charge in [0.15, 0.2) is 0 Å². The molecule has 1 aliphatic carbocycles. The molecule has 1 aromatic rings. The predicted molar refractivity (Wildman–Crippen MR) is 83.7 cm³/mol. The Morgan fingerprint density at radius 2 is 1.85 bits per heavy atom. The number of hydrogen-bond acceptors (Lipinski definition) is 3. The van der Waals surface area contributed by atoms with Crippen molar-refractivity contribution >= 4 is 0 Å². The zero-order valence-corrected chi connectivity index (χ0v) is 12.6. The van der Waals surface area contributed by atoms with Crippen molar-refractivity contribution in [2.75, 3.05) is 19.7 Å². The van der Waals surface area contributed by atoms with Crippen LogP contribution >= 0.6 is 0 Å². The second kappa shape index (κ2) is 8.40. The smallest absolute Gasteiger partial charge is 0.0556 e. The predicted octanol–water partition coefficient (Wildman–Crippen LogP) is 2.40. The number of nitrogens with zero attached hydrogens (tertiary/aromatic N) is 1. The standard InChI is InChI=1S/C17H28N2O/c1-2-19(14-15-6-4-3-5-7-15)17-10-8-16(9-11-17)18-12-13-20/h3-7,16-18,20H,2,8-14H2,1H3. The lowest BCUT2D eigenvalue weighted by atomic mass is 9.90. The van der Waals surface area contributed by atoms with E-state index in [9.17, 15) is 0 Å². The largest absolute Gasteiger partial charge is 0.395 e. The van der Waals surface area contributed by atoms with Gasteiger partial charge in [0.25, 0.3) is 0 Å². The summed E-state index contributed by atoms with van der Waals surface area (Å²) >= 11 is 0. The zero-order valence-electron chi connectivity index (χ0n) is 12.6. The lowest BCUT2D eigenvalue weighted by Gasteiger charge is -2.36. The minimum atomic E-state index is 0.245. The average molecular weight is 276 g/mol. The third kappa shape index (κ3) is 4.58. The summed E-state index contributed by atoms with van der Waals surface area (Å²) < 4.78 is 0. The van der Waals surface area contributed by atoms with E-state index in [-0.39, 0.29) is 6.61 Å². The van der Waals surface area contributed by atoms with E-state index in [1.54, 1.807) is 0 Å². The fraction of sp³-hybridized carbons (Fsp3) is 0.647. The van der Waals surface area contributed by atoms with E-state index in [1.165, 1.54) is 31.2 Å². The third-order valence-corrected chi connectivity index (χ3v) is 4.39. The quantitative estimate of drug-likeness (QED) is 0.803. The molecule has 0 saturated heterocycles. The van der Waals surface area contributed by atoms with Crippen LogP contribution in [0.25, 0.3) is 0 Å². The van der Waals surface area contributed by atoms with E-state index in [0.717, 1.165) is 19.6 Å². The number of benzene rings is 1. The normalized spacial score (nSPS) is 23.1. The van der Waals surface area contributed by atoms with Gasteiger partial charge in [-0.1, -0.05) is 37.3 Å². The lowest BCUT2D eigenvalue weighted by Crippen LogP contribution is -2.42. The van der Waals surface area contributed by atoms with E-state index in [4.69, 9.17) is 5.11 Å². The van der Waals surface area contributed by atoms with Crippen molar-refractivity contribution in [1.29, 1.82) is 0 Å². The summed E-state index contributed by atoms with van der Waals surface area (Å²) in [6.07, 6.45) is 5.00. The molecule has 0 amide bonds. The van der Waals surface area contributed by atoms with Gasteiger partial charge in [0, 0.05) is 25.2 Å². The molecule has 3 heteroatoms. The Bertz CT molecular complexity index is 361. The van der Waals surface area contributed by atoms with Crippen molar-refractivity contribution < 1.29 is 5.11 Å². The summed E-state index contributed by atoms with van der Waals surface area (Å²) in [4.78, 5) is 2.61. The van der Waals surface area contributed by atoms with Gasteiger partial charge in [0.05, 0.1) is 6.61 Å². The Morgan fingerprint density at radius 1 is 1.15 bits per heavy atom. The summed E-state index contributed by atoms with van der Waals surface area (Å²) in [6, 6.07) is 12.1. The summed E-state index contributed by atoms with van der Waals surface area (Å²) in [5.41, 5.74) is 1.41. The van der Waals surface area contributed by atoms with E-state index >= 15 is 0 Å². The molecule has 2 N–H and O–H groups in total. The molecule has 0 unspecified atom stereocenters. The SMILES string of the molecule is CCN(Cc1ccccc1)C1CCC(NCCO)CC1. The van der Waals surface area contributed by atoms with Crippen LogP contribution < -0.4 is 5.32 Å². The molecule has 1 aliphatic rings. The summed E-state index contributed by atoms with van der Waals surface area (Å²) in [6.45, 7) is 5.43. The van der Waals surface area contributed by atoms with E-state index < -0.39 is 0 Å². The molecule has 0 spiro atoms. The fourth-order valence-electron chi connectivity index (χ4n) is 3.23. The minimum absolute atomic E-state index is 0.245. The Hall–Kier alpha value is -0.900. The molecule has 0 atom stereocenters. The molecule has 0 heterocycles. The molecular formula is C17H28N2O. The Morgan fingerprint density at radius 3 is 2.45 bits per heavy atom. The maximum absolute atomic E-state index is 8.87. The summed E-state index contributed by atoms with van der Waals surface area (Å²) in [5, 5.41) is 12.3. The molecule has 1 fully saturated rings. The molecule has 20 heavy (non-hydrogen) atoms. The fourth-order valence-corrected chi connectivity index (χ4v) is 3.23. The van der Waals surface area contributed by atoms with Gasteiger partial charge < -0.3 is 10.4 Å². The highest BCUT2D eigenvalue weighted by atomic mass is 16.3. The number of aliphatic hydroxyl groups is 1. The van der Waals surface area contributed by atoms with Gasteiger partial charge >= 0.3 is 0 Å². The average Bonchev–Trinajstić information content (AvgIpc) is 2.52. The monoisotopic (exact) mass is 276 g/mol. The number of nitrogens with one attached hydrogen (secondary N) is 1. The van der Waals surface area contributed by atoms with Crippen LogP contribution in [-0.2, 0) is 6.54 Å². The van der Waals surface area contributed by atoms with Gasteiger partial charge in [-0.3, -0.25) is 4.90 Å². The Balaban J connectivity index is 1.81. The highest BCUT2D eigenvalue weighted by Gasteiger charge is 2.24. The number of aliphatic hydroxyl groups excluding tert-OH is 1. The van der Waals surface area contributed by atoms with Crippen molar-refractivity contribution in [1.82, 2.24) is 10.2 Å². The number of rotatable bonds is 7. The molecule has 0 bridgehead atoms. The second-order valence-corrected chi connectivity index (χ2v) is 5.73.